The van der Waals surface area contributed by atoms with Gasteiger partial charge in [0.1, 0.15) is 5.65 Å². The van der Waals surface area contributed by atoms with Crippen LogP contribution in [0.1, 0.15) is 23.4 Å². The van der Waals surface area contributed by atoms with E-state index in [-0.39, 0.29) is 54.7 Å². The molecule has 1 saturated heterocycles. The van der Waals surface area contributed by atoms with Crippen LogP contribution in [-0.2, 0) is 17.5 Å². The van der Waals surface area contributed by atoms with Gasteiger partial charge in [0, 0.05) is 34.9 Å². The number of fused-ring (bicyclic) bond motifs is 1. The lowest BCUT2D eigenvalue weighted by Gasteiger charge is -2.20. The highest BCUT2D eigenvalue weighted by Crippen LogP contribution is 2.36. The van der Waals surface area contributed by atoms with Crippen LogP contribution < -0.4 is 5.73 Å². The maximum atomic E-state index is 13.3. The molecule has 5 rings (SSSR count). The number of hydrogen-bond donors (Lipinski definition) is 2. The van der Waals surface area contributed by atoms with Crippen molar-refractivity contribution in [3.63, 3.8) is 0 Å². The van der Waals surface area contributed by atoms with Gasteiger partial charge in [0.25, 0.3) is 0 Å². The molecule has 190 valence electrons. The van der Waals surface area contributed by atoms with Gasteiger partial charge in [-0.05, 0) is 43.7 Å². The van der Waals surface area contributed by atoms with Gasteiger partial charge in [-0.25, -0.2) is 4.98 Å². The Morgan fingerprint density at radius 3 is 2.69 bits per heavy atom. The number of nitrogens with two attached hydrogens (primary N) is 1. The predicted octanol–water partition coefficient (Wildman–Crippen LogP) is 5.19. The molecule has 1 fully saturated rings. The Morgan fingerprint density at radius 1 is 1.20 bits per heavy atom. The molecular formula is C21H22Cl3F3N6OS. The number of nitrogens with one attached hydrogen (secondary N) is 1. The van der Waals surface area contributed by atoms with Crippen LogP contribution in [0.2, 0.25) is 0 Å². The van der Waals surface area contributed by atoms with Gasteiger partial charge in [-0.1, -0.05) is 0 Å². The van der Waals surface area contributed by atoms with Crippen molar-refractivity contribution in [3.05, 3.63) is 53.4 Å². The number of thiophene rings is 1. The molecule has 1 amide bonds. The van der Waals surface area contributed by atoms with Gasteiger partial charge in [0.15, 0.2) is 5.69 Å². The molecule has 1 aliphatic rings. The molecule has 1 aliphatic heterocycles. The van der Waals surface area contributed by atoms with E-state index in [0.717, 1.165) is 34.8 Å². The van der Waals surface area contributed by atoms with Gasteiger partial charge < -0.3 is 5.73 Å². The largest absolute Gasteiger partial charge is 0.435 e. The Kier molecular flexibility index (Phi) is 9.23. The Morgan fingerprint density at radius 2 is 1.97 bits per heavy atom. The molecule has 0 aromatic carbocycles. The van der Waals surface area contributed by atoms with Crippen LogP contribution in [0, 0.1) is 0 Å². The topological polar surface area (TPSA) is 92.3 Å². The first-order chi connectivity index (χ1) is 15.3. The second-order valence-electron chi connectivity index (χ2n) is 7.73. The summed E-state index contributed by atoms with van der Waals surface area (Å²) in [6.45, 7) is 1.45. The van der Waals surface area contributed by atoms with Crippen LogP contribution in [0.15, 0.2) is 42.9 Å². The van der Waals surface area contributed by atoms with E-state index < -0.39 is 11.9 Å². The molecule has 14 heteroatoms. The lowest BCUT2D eigenvalue weighted by Crippen LogP contribution is -2.39. The number of likely N-dealkylation sites (tertiary alicyclic amines) is 1. The van der Waals surface area contributed by atoms with Gasteiger partial charge in [0.05, 0.1) is 22.8 Å². The van der Waals surface area contributed by atoms with E-state index in [1.54, 1.807) is 40.3 Å². The number of pyridine rings is 1. The number of H-pyrrole nitrogens is 1. The van der Waals surface area contributed by atoms with Crippen molar-refractivity contribution in [1.29, 1.82) is 0 Å². The maximum absolute atomic E-state index is 13.3. The lowest BCUT2D eigenvalue weighted by molar-refractivity contribution is -0.140. The number of hydrogen-bond acceptors (Lipinski definition) is 5. The fraction of sp³-hybridized carbons (Fsp3) is 0.286. The number of carbonyl (C=O) groups excluding carboxylic acids is 1. The number of rotatable bonds is 5. The summed E-state index contributed by atoms with van der Waals surface area (Å²) in [5.74, 6) is -0.300. The number of halogens is 6. The average molecular weight is 570 g/mol. The number of nitrogens with zero attached hydrogens (tertiary/aromatic N) is 4. The zero-order chi connectivity index (χ0) is 22.5. The highest BCUT2D eigenvalue weighted by atomic mass is 35.5. The first-order valence-electron chi connectivity index (χ1n) is 10.0. The predicted molar refractivity (Wildman–Crippen MR) is 135 cm³/mol. The van der Waals surface area contributed by atoms with Gasteiger partial charge >= 0.3 is 6.18 Å². The van der Waals surface area contributed by atoms with Crippen molar-refractivity contribution in [2.45, 2.75) is 31.6 Å². The minimum absolute atomic E-state index is 0. The van der Waals surface area contributed by atoms with E-state index in [1.807, 2.05) is 12.1 Å². The standard InChI is InChI=1S/C21H19F3N6OS.3ClH/c22-21(23,24)19-14(8-27-28-19)12-3-6-18-26-9-16(30(18)10-12)17-5-4-13(32-17)11-29-7-1-2-15(29)20(25)31;;;/h3-6,8-10,15H,1-2,7,11H2,(H2,25,31)(H,27,28);3*1H/t15-;;;/m0.../s1. The van der Waals surface area contributed by atoms with E-state index >= 15 is 0 Å². The Hall–Kier alpha value is -2.31. The Balaban J connectivity index is 0.00000144. The summed E-state index contributed by atoms with van der Waals surface area (Å²) >= 11 is 1.56. The molecule has 3 N–H and O–H groups in total. The summed E-state index contributed by atoms with van der Waals surface area (Å²) in [5.41, 5.74) is 6.34. The van der Waals surface area contributed by atoms with Gasteiger partial charge in [-0.15, -0.1) is 48.6 Å². The van der Waals surface area contributed by atoms with E-state index in [1.165, 1.54) is 6.20 Å². The molecule has 4 aromatic rings. The number of imidazole rings is 1. The van der Waals surface area contributed by atoms with Crippen molar-refractivity contribution in [1.82, 2.24) is 24.5 Å². The van der Waals surface area contributed by atoms with Gasteiger partial charge in [-0.2, -0.15) is 18.3 Å². The highest BCUT2D eigenvalue weighted by Gasteiger charge is 2.37. The first-order valence-corrected chi connectivity index (χ1v) is 10.8. The zero-order valence-electron chi connectivity index (χ0n) is 18.0. The zero-order valence-corrected chi connectivity index (χ0v) is 21.3. The van der Waals surface area contributed by atoms with Crippen LogP contribution in [0.4, 0.5) is 13.2 Å². The first kappa shape index (κ1) is 28.9. The van der Waals surface area contributed by atoms with Gasteiger partial charge in [-0.3, -0.25) is 19.2 Å². The molecule has 35 heavy (non-hydrogen) atoms. The minimum Gasteiger partial charge on any atom is -0.368 e. The summed E-state index contributed by atoms with van der Waals surface area (Å²) in [6, 6.07) is 7.00. The summed E-state index contributed by atoms with van der Waals surface area (Å²) in [7, 11) is 0. The average Bonchev–Trinajstić information content (AvgIpc) is 3.52. The molecule has 0 saturated carbocycles. The van der Waals surface area contributed by atoms with Gasteiger partial charge in [0.2, 0.25) is 5.91 Å². The summed E-state index contributed by atoms with van der Waals surface area (Å²) in [6.07, 6.45) is 1.75. The molecule has 0 aliphatic carbocycles. The smallest absolute Gasteiger partial charge is 0.368 e. The SMILES string of the molecule is Cl.Cl.Cl.NC(=O)[C@@H]1CCCN1Cc1ccc(-c2cnc3ccc(-c4c[nH]nc4C(F)(F)F)cn23)s1. The van der Waals surface area contributed by atoms with E-state index in [4.69, 9.17) is 5.73 Å². The third-order valence-corrected chi connectivity index (χ3v) is 6.78. The Bertz CT molecular complexity index is 1300. The number of amides is 1. The maximum Gasteiger partial charge on any atom is 0.435 e. The molecule has 0 bridgehead atoms. The molecule has 7 nitrogen and oxygen atoms in total. The molecule has 5 heterocycles. The summed E-state index contributed by atoms with van der Waals surface area (Å²) < 4.78 is 41.6. The minimum atomic E-state index is -4.55. The second-order valence-corrected chi connectivity index (χ2v) is 8.90. The number of aromatic amines is 1. The number of carbonyl (C=O) groups is 1. The number of aromatic nitrogens is 4. The van der Waals surface area contributed by atoms with Crippen molar-refractivity contribution < 1.29 is 18.0 Å². The van der Waals surface area contributed by atoms with Crippen LogP contribution in [-0.4, -0.2) is 43.0 Å². The van der Waals surface area contributed by atoms with Crippen LogP contribution in [0.3, 0.4) is 0 Å². The fourth-order valence-electron chi connectivity index (χ4n) is 4.19. The van der Waals surface area contributed by atoms with Crippen LogP contribution in [0.5, 0.6) is 0 Å². The highest BCUT2D eigenvalue weighted by molar-refractivity contribution is 7.15. The van der Waals surface area contributed by atoms with Crippen molar-refractivity contribution >= 4 is 60.1 Å². The molecule has 0 spiro atoms. The van der Waals surface area contributed by atoms with Crippen molar-refractivity contribution in [2.75, 3.05) is 6.54 Å². The van der Waals surface area contributed by atoms with Crippen LogP contribution >= 0.6 is 48.6 Å². The molecule has 0 radical (unpaired) electrons. The molecule has 1 atom stereocenters. The quantitative estimate of drug-likeness (QED) is 0.346. The number of alkyl halides is 3. The van der Waals surface area contributed by atoms with Crippen molar-refractivity contribution in [3.8, 4) is 21.7 Å². The van der Waals surface area contributed by atoms with Crippen molar-refractivity contribution in [2.24, 2.45) is 5.73 Å². The summed E-state index contributed by atoms with van der Waals surface area (Å²) in [4.78, 5) is 20.1. The monoisotopic (exact) mass is 568 g/mol. The van der Waals surface area contributed by atoms with Crippen LogP contribution in [0.25, 0.3) is 27.3 Å². The number of primary amides is 1. The normalized spacial score (nSPS) is 15.9. The summed E-state index contributed by atoms with van der Waals surface area (Å²) in [5, 5.41) is 5.68. The van der Waals surface area contributed by atoms with E-state index in [0.29, 0.717) is 17.8 Å². The van der Waals surface area contributed by atoms with E-state index in [2.05, 4.69) is 20.1 Å². The molecular weight excluding hydrogens is 548 g/mol. The molecule has 4 aromatic heterocycles. The second kappa shape index (κ2) is 11.2. The third kappa shape index (κ3) is 5.59. The third-order valence-electron chi connectivity index (χ3n) is 5.69. The lowest BCUT2D eigenvalue weighted by atomic mass is 10.1. The van der Waals surface area contributed by atoms with E-state index in [9.17, 15) is 18.0 Å². The molecule has 0 unspecified atom stereocenters. The Labute approximate surface area is 221 Å². The fourth-order valence-corrected chi connectivity index (χ4v) is 5.23.